The predicted octanol–water partition coefficient (Wildman–Crippen LogP) is 1.51. The molecule has 0 atom stereocenters. The third kappa shape index (κ3) is 4.73. The normalized spacial score (nSPS) is 9.70. The second kappa shape index (κ2) is 7.29. The van der Waals surface area contributed by atoms with Crippen molar-refractivity contribution in [3.63, 3.8) is 0 Å². The molecule has 0 aliphatic carbocycles. The summed E-state index contributed by atoms with van der Waals surface area (Å²) in [5.74, 6) is -0.562. The molecule has 1 rings (SSSR count). The molecule has 0 saturated carbocycles. The number of urea groups is 1. The van der Waals surface area contributed by atoms with Crippen molar-refractivity contribution < 1.29 is 14.5 Å². The fourth-order valence-corrected chi connectivity index (χ4v) is 1.51. The summed E-state index contributed by atoms with van der Waals surface area (Å²) in [4.78, 5) is 32.5. The summed E-state index contributed by atoms with van der Waals surface area (Å²) in [6, 6.07) is 3.46. The lowest BCUT2D eigenvalue weighted by molar-refractivity contribution is -0.384. The highest BCUT2D eigenvalue weighted by atomic mass is 35.5. The molecule has 0 bridgehead atoms. The lowest BCUT2D eigenvalue weighted by Gasteiger charge is -2.07. The Labute approximate surface area is 119 Å². The van der Waals surface area contributed by atoms with E-state index in [1.54, 1.807) is 6.92 Å². The number of nitro groups is 1. The molecule has 0 fully saturated rings. The zero-order valence-electron chi connectivity index (χ0n) is 10.6. The first kappa shape index (κ1) is 15.7. The number of hydrogen-bond donors (Lipinski definition) is 3. The van der Waals surface area contributed by atoms with Crippen molar-refractivity contribution in [3.05, 3.63) is 33.3 Å². The Morgan fingerprint density at radius 2 is 2.10 bits per heavy atom. The molecule has 0 aliphatic heterocycles. The van der Waals surface area contributed by atoms with Crippen LogP contribution < -0.4 is 16.0 Å². The summed E-state index contributed by atoms with van der Waals surface area (Å²) < 4.78 is 0. The van der Waals surface area contributed by atoms with Gasteiger partial charge in [0.1, 0.15) is 5.02 Å². The maximum atomic E-state index is 11.4. The largest absolute Gasteiger partial charge is 0.376 e. The predicted molar refractivity (Wildman–Crippen MR) is 73.8 cm³/mol. The highest BCUT2D eigenvalue weighted by Gasteiger charge is 2.13. The van der Waals surface area contributed by atoms with E-state index in [1.807, 2.05) is 0 Å². The maximum Gasteiger partial charge on any atom is 0.321 e. The van der Waals surface area contributed by atoms with Crippen LogP contribution in [0.25, 0.3) is 0 Å². The molecular weight excluding hydrogens is 288 g/mol. The number of anilines is 1. The monoisotopic (exact) mass is 300 g/mol. The van der Waals surface area contributed by atoms with Gasteiger partial charge in [-0.05, 0) is 19.1 Å². The molecule has 108 valence electrons. The van der Waals surface area contributed by atoms with Crippen LogP contribution in [0.15, 0.2) is 18.2 Å². The molecule has 9 heteroatoms. The second-order valence-corrected chi connectivity index (χ2v) is 4.09. The van der Waals surface area contributed by atoms with Gasteiger partial charge in [-0.15, -0.1) is 0 Å². The number of benzene rings is 1. The minimum Gasteiger partial charge on any atom is -0.376 e. The number of rotatable bonds is 5. The standard InChI is InChI=1S/C11H13ClN4O4/c1-2-13-11(18)15-10(17)6-14-7-3-4-8(12)9(5-7)16(19)20/h3-5,14H,2,6H2,1H3,(H2,13,15,17,18). The number of carbonyl (C=O) groups is 2. The van der Waals surface area contributed by atoms with Crippen LogP contribution in [0.4, 0.5) is 16.2 Å². The number of amides is 3. The van der Waals surface area contributed by atoms with E-state index in [0.717, 1.165) is 0 Å². The van der Waals surface area contributed by atoms with Gasteiger partial charge in [0.2, 0.25) is 5.91 Å². The van der Waals surface area contributed by atoms with Crippen molar-refractivity contribution in [1.82, 2.24) is 10.6 Å². The van der Waals surface area contributed by atoms with Crippen LogP contribution in [0.3, 0.4) is 0 Å². The average Bonchev–Trinajstić information content (AvgIpc) is 2.37. The van der Waals surface area contributed by atoms with Crippen molar-refractivity contribution in [3.8, 4) is 0 Å². The van der Waals surface area contributed by atoms with E-state index in [0.29, 0.717) is 12.2 Å². The minimum absolute atomic E-state index is 0.00678. The smallest absolute Gasteiger partial charge is 0.321 e. The van der Waals surface area contributed by atoms with Crippen LogP contribution in [0.5, 0.6) is 0 Å². The Morgan fingerprint density at radius 3 is 2.70 bits per heavy atom. The highest BCUT2D eigenvalue weighted by molar-refractivity contribution is 6.32. The zero-order valence-corrected chi connectivity index (χ0v) is 11.4. The van der Waals surface area contributed by atoms with E-state index < -0.39 is 16.9 Å². The first-order chi connectivity index (χ1) is 9.43. The molecule has 0 radical (unpaired) electrons. The van der Waals surface area contributed by atoms with Gasteiger partial charge in [0.25, 0.3) is 5.69 Å². The van der Waals surface area contributed by atoms with Gasteiger partial charge in [0.15, 0.2) is 0 Å². The van der Waals surface area contributed by atoms with Crippen LogP contribution in [0.1, 0.15) is 6.92 Å². The molecule has 3 amide bonds. The van der Waals surface area contributed by atoms with Gasteiger partial charge in [-0.2, -0.15) is 0 Å². The third-order valence-electron chi connectivity index (χ3n) is 2.19. The van der Waals surface area contributed by atoms with E-state index in [4.69, 9.17) is 11.6 Å². The van der Waals surface area contributed by atoms with Gasteiger partial charge in [-0.1, -0.05) is 11.6 Å². The molecule has 8 nitrogen and oxygen atoms in total. The van der Waals surface area contributed by atoms with E-state index >= 15 is 0 Å². The number of nitrogens with zero attached hydrogens (tertiary/aromatic N) is 1. The van der Waals surface area contributed by atoms with Crippen molar-refractivity contribution in [1.29, 1.82) is 0 Å². The molecule has 0 saturated heterocycles. The van der Waals surface area contributed by atoms with E-state index in [2.05, 4.69) is 16.0 Å². The lowest BCUT2D eigenvalue weighted by Crippen LogP contribution is -2.41. The molecule has 0 spiro atoms. The maximum absolute atomic E-state index is 11.4. The van der Waals surface area contributed by atoms with Crippen molar-refractivity contribution in [2.24, 2.45) is 0 Å². The molecule has 0 aromatic heterocycles. The van der Waals surface area contributed by atoms with Gasteiger partial charge >= 0.3 is 6.03 Å². The number of nitrogens with one attached hydrogen (secondary N) is 3. The average molecular weight is 301 g/mol. The summed E-state index contributed by atoms with van der Waals surface area (Å²) in [6.45, 7) is 1.92. The van der Waals surface area contributed by atoms with Crippen LogP contribution in [0, 0.1) is 10.1 Å². The van der Waals surface area contributed by atoms with Gasteiger partial charge in [0, 0.05) is 18.3 Å². The fourth-order valence-electron chi connectivity index (χ4n) is 1.32. The van der Waals surface area contributed by atoms with Crippen LogP contribution >= 0.6 is 11.6 Å². The van der Waals surface area contributed by atoms with E-state index in [1.165, 1.54) is 18.2 Å². The SMILES string of the molecule is CCNC(=O)NC(=O)CNc1ccc(Cl)c([N+](=O)[O-])c1. The Morgan fingerprint density at radius 1 is 1.40 bits per heavy atom. The topological polar surface area (TPSA) is 113 Å². The van der Waals surface area contributed by atoms with E-state index in [-0.39, 0.29) is 17.3 Å². The minimum atomic E-state index is -0.623. The van der Waals surface area contributed by atoms with Crippen LogP contribution in [0.2, 0.25) is 5.02 Å². The van der Waals surface area contributed by atoms with Crippen molar-refractivity contribution >= 4 is 34.9 Å². The molecule has 1 aromatic rings. The number of carbonyl (C=O) groups excluding carboxylic acids is 2. The third-order valence-corrected chi connectivity index (χ3v) is 2.51. The summed E-state index contributed by atoms with van der Waals surface area (Å²) in [6.07, 6.45) is 0. The Balaban J connectivity index is 2.58. The van der Waals surface area contributed by atoms with Crippen molar-refractivity contribution in [2.45, 2.75) is 6.92 Å². The zero-order chi connectivity index (χ0) is 15.1. The lowest BCUT2D eigenvalue weighted by atomic mass is 10.3. The first-order valence-corrected chi connectivity index (χ1v) is 6.07. The molecule has 0 unspecified atom stereocenters. The molecule has 1 aromatic carbocycles. The number of hydrogen-bond acceptors (Lipinski definition) is 5. The molecule has 0 heterocycles. The van der Waals surface area contributed by atoms with Gasteiger partial charge in [-0.3, -0.25) is 20.2 Å². The highest BCUT2D eigenvalue weighted by Crippen LogP contribution is 2.27. The number of nitro benzene ring substituents is 1. The van der Waals surface area contributed by atoms with Gasteiger partial charge in [0.05, 0.1) is 11.5 Å². The Bertz CT molecular complexity index is 535. The first-order valence-electron chi connectivity index (χ1n) is 5.69. The molecule has 0 aliphatic rings. The molecule has 20 heavy (non-hydrogen) atoms. The quantitative estimate of drug-likeness (QED) is 0.563. The second-order valence-electron chi connectivity index (χ2n) is 3.68. The van der Waals surface area contributed by atoms with E-state index in [9.17, 15) is 19.7 Å². The number of imide groups is 1. The Kier molecular flexibility index (Phi) is 5.73. The summed E-state index contributed by atoms with van der Waals surface area (Å²) >= 11 is 5.66. The summed E-state index contributed by atoms with van der Waals surface area (Å²) in [5, 5.41) is 17.8. The summed E-state index contributed by atoms with van der Waals surface area (Å²) in [5.41, 5.74) is 0.0907. The van der Waals surface area contributed by atoms with Crippen LogP contribution in [-0.4, -0.2) is 30.0 Å². The fraction of sp³-hybridized carbons (Fsp3) is 0.273. The number of halogens is 1. The van der Waals surface area contributed by atoms with Crippen LogP contribution in [-0.2, 0) is 4.79 Å². The summed E-state index contributed by atoms with van der Waals surface area (Å²) in [7, 11) is 0. The molecule has 3 N–H and O–H groups in total. The Hall–Kier alpha value is -2.35. The van der Waals surface area contributed by atoms with Crippen molar-refractivity contribution in [2.75, 3.05) is 18.4 Å². The molecular formula is C11H13ClN4O4. The van der Waals surface area contributed by atoms with Gasteiger partial charge in [-0.25, -0.2) is 4.79 Å². The van der Waals surface area contributed by atoms with Gasteiger partial charge < -0.3 is 10.6 Å².